The van der Waals surface area contributed by atoms with Crippen molar-refractivity contribution in [3.8, 4) is 0 Å². The SMILES string of the molecule is CC.CC.Cc1ccc2ccc(=O)n(CCC(=O)O)c2c1. The first kappa shape index (κ1) is 18.9. The molecule has 4 heteroatoms. The summed E-state index contributed by atoms with van der Waals surface area (Å²) in [7, 11) is 0. The number of benzene rings is 1. The van der Waals surface area contributed by atoms with Crippen molar-refractivity contribution in [1.29, 1.82) is 0 Å². The predicted molar refractivity (Wildman–Crippen MR) is 87.9 cm³/mol. The minimum atomic E-state index is -0.901. The van der Waals surface area contributed by atoms with Crippen LogP contribution < -0.4 is 5.56 Å². The Hall–Kier alpha value is -2.10. The van der Waals surface area contributed by atoms with Crippen molar-refractivity contribution >= 4 is 16.9 Å². The molecule has 0 saturated heterocycles. The zero-order valence-corrected chi connectivity index (χ0v) is 13.5. The summed E-state index contributed by atoms with van der Waals surface area (Å²) in [5.74, 6) is -0.901. The molecule has 0 amide bonds. The Kier molecular flexibility index (Phi) is 8.77. The van der Waals surface area contributed by atoms with E-state index in [0.29, 0.717) is 0 Å². The van der Waals surface area contributed by atoms with Crippen molar-refractivity contribution in [2.24, 2.45) is 0 Å². The molecular formula is C17H25NO3. The van der Waals surface area contributed by atoms with Crippen LogP contribution in [0.3, 0.4) is 0 Å². The van der Waals surface area contributed by atoms with E-state index in [9.17, 15) is 9.59 Å². The highest BCUT2D eigenvalue weighted by Crippen LogP contribution is 2.14. The fourth-order valence-electron chi connectivity index (χ4n) is 1.84. The molecule has 0 fully saturated rings. The number of aromatic nitrogens is 1. The first-order chi connectivity index (χ1) is 10.1. The number of nitrogens with zero attached hydrogens (tertiary/aromatic N) is 1. The van der Waals surface area contributed by atoms with Crippen molar-refractivity contribution in [2.45, 2.75) is 47.6 Å². The smallest absolute Gasteiger partial charge is 0.305 e. The van der Waals surface area contributed by atoms with Crippen LogP contribution in [-0.4, -0.2) is 15.6 Å². The van der Waals surface area contributed by atoms with Crippen LogP contribution in [0.25, 0.3) is 10.9 Å². The van der Waals surface area contributed by atoms with Crippen LogP contribution >= 0.6 is 0 Å². The molecule has 1 heterocycles. The Morgan fingerprint density at radius 1 is 1.10 bits per heavy atom. The summed E-state index contributed by atoms with van der Waals surface area (Å²) in [6.07, 6.45) is -0.0486. The van der Waals surface area contributed by atoms with Crippen molar-refractivity contribution in [2.75, 3.05) is 0 Å². The van der Waals surface area contributed by atoms with Gasteiger partial charge in [-0.15, -0.1) is 0 Å². The molecule has 0 aliphatic heterocycles. The van der Waals surface area contributed by atoms with Gasteiger partial charge in [0.1, 0.15) is 0 Å². The van der Waals surface area contributed by atoms with E-state index >= 15 is 0 Å². The zero-order chi connectivity index (χ0) is 16.4. The number of fused-ring (bicyclic) bond motifs is 1. The van der Waals surface area contributed by atoms with Gasteiger partial charge in [0.15, 0.2) is 0 Å². The fourth-order valence-corrected chi connectivity index (χ4v) is 1.84. The summed E-state index contributed by atoms with van der Waals surface area (Å²) in [6, 6.07) is 9.03. The number of aliphatic carboxylic acids is 1. The van der Waals surface area contributed by atoms with Crippen LogP contribution in [0.2, 0.25) is 0 Å². The second kappa shape index (κ2) is 9.75. The molecule has 0 atom stereocenters. The third-order valence-electron chi connectivity index (χ3n) is 2.70. The Morgan fingerprint density at radius 2 is 1.67 bits per heavy atom. The third-order valence-corrected chi connectivity index (χ3v) is 2.70. The summed E-state index contributed by atoms with van der Waals surface area (Å²) in [6.45, 7) is 10.1. The van der Waals surface area contributed by atoms with E-state index < -0.39 is 5.97 Å². The van der Waals surface area contributed by atoms with Gasteiger partial charge in [-0.05, 0) is 30.0 Å². The molecule has 0 spiro atoms. The Morgan fingerprint density at radius 3 is 2.24 bits per heavy atom. The highest BCUT2D eigenvalue weighted by molar-refractivity contribution is 5.79. The van der Waals surface area contributed by atoms with Gasteiger partial charge in [-0.2, -0.15) is 0 Å². The molecule has 0 bridgehead atoms. The summed E-state index contributed by atoms with van der Waals surface area (Å²) >= 11 is 0. The minimum absolute atomic E-state index is 0.0486. The summed E-state index contributed by atoms with van der Waals surface area (Å²) in [5.41, 5.74) is 1.68. The van der Waals surface area contributed by atoms with Crippen LogP contribution in [-0.2, 0) is 11.3 Å². The zero-order valence-electron chi connectivity index (χ0n) is 13.5. The number of carboxylic acids is 1. The average molecular weight is 291 g/mol. The topological polar surface area (TPSA) is 59.3 Å². The molecule has 0 radical (unpaired) electrons. The van der Waals surface area contributed by atoms with Crippen LogP contribution in [0, 0.1) is 6.92 Å². The van der Waals surface area contributed by atoms with Crippen molar-refractivity contribution < 1.29 is 9.90 Å². The molecule has 1 N–H and O–H groups in total. The largest absolute Gasteiger partial charge is 0.481 e. The molecular weight excluding hydrogens is 266 g/mol. The summed E-state index contributed by atoms with van der Waals surface area (Å²) in [5, 5.41) is 9.62. The lowest BCUT2D eigenvalue weighted by Gasteiger charge is -2.09. The second-order valence-corrected chi connectivity index (χ2v) is 4.03. The standard InChI is InChI=1S/C13H13NO3.2C2H6/c1-9-2-3-10-4-5-12(15)14(11(10)8-9)7-6-13(16)17;2*1-2/h2-5,8H,6-7H2,1H3,(H,16,17);2*1-2H3. The maximum atomic E-state index is 11.7. The number of carbonyl (C=O) groups is 1. The number of carboxylic acid groups (broad SMARTS) is 1. The van der Waals surface area contributed by atoms with E-state index in [-0.39, 0.29) is 18.5 Å². The first-order valence-electron chi connectivity index (χ1n) is 7.40. The molecule has 0 saturated carbocycles. The van der Waals surface area contributed by atoms with Gasteiger partial charge in [0, 0.05) is 12.6 Å². The van der Waals surface area contributed by atoms with E-state index in [1.807, 2.05) is 52.8 Å². The average Bonchev–Trinajstić information content (AvgIpc) is 2.50. The Labute approximate surface area is 126 Å². The van der Waals surface area contributed by atoms with Crippen molar-refractivity contribution in [3.05, 3.63) is 46.2 Å². The summed E-state index contributed by atoms with van der Waals surface area (Å²) < 4.78 is 1.51. The lowest BCUT2D eigenvalue weighted by molar-refractivity contribution is -0.137. The fraction of sp³-hybridized carbons (Fsp3) is 0.412. The number of aryl methyl sites for hydroxylation is 2. The third kappa shape index (κ3) is 5.42. The normalized spacial score (nSPS) is 9.19. The lowest BCUT2D eigenvalue weighted by Crippen LogP contribution is -2.20. The summed E-state index contributed by atoms with van der Waals surface area (Å²) in [4.78, 5) is 22.3. The highest BCUT2D eigenvalue weighted by atomic mass is 16.4. The molecule has 0 aliphatic rings. The van der Waals surface area contributed by atoms with Gasteiger partial charge < -0.3 is 9.67 Å². The van der Waals surface area contributed by atoms with Crippen LogP contribution in [0.1, 0.15) is 39.7 Å². The Balaban J connectivity index is 0.000000921. The molecule has 1 aromatic heterocycles. The van der Waals surface area contributed by atoms with E-state index in [0.717, 1.165) is 16.5 Å². The molecule has 2 aromatic rings. The quantitative estimate of drug-likeness (QED) is 0.934. The van der Waals surface area contributed by atoms with Gasteiger partial charge in [-0.3, -0.25) is 9.59 Å². The monoisotopic (exact) mass is 291 g/mol. The maximum Gasteiger partial charge on any atom is 0.305 e. The van der Waals surface area contributed by atoms with Crippen molar-refractivity contribution in [3.63, 3.8) is 0 Å². The molecule has 0 unspecified atom stereocenters. The van der Waals surface area contributed by atoms with E-state index in [2.05, 4.69) is 0 Å². The van der Waals surface area contributed by atoms with Crippen LogP contribution in [0.15, 0.2) is 35.1 Å². The van der Waals surface area contributed by atoms with E-state index in [1.54, 1.807) is 6.07 Å². The first-order valence-corrected chi connectivity index (χ1v) is 7.40. The van der Waals surface area contributed by atoms with Crippen LogP contribution in [0.4, 0.5) is 0 Å². The molecule has 4 nitrogen and oxygen atoms in total. The highest BCUT2D eigenvalue weighted by Gasteiger charge is 2.05. The maximum absolute atomic E-state index is 11.7. The van der Waals surface area contributed by atoms with Gasteiger partial charge in [-0.25, -0.2) is 0 Å². The molecule has 21 heavy (non-hydrogen) atoms. The van der Waals surface area contributed by atoms with Crippen molar-refractivity contribution in [1.82, 2.24) is 4.57 Å². The minimum Gasteiger partial charge on any atom is -0.481 e. The van der Waals surface area contributed by atoms with Gasteiger partial charge >= 0.3 is 5.97 Å². The second-order valence-electron chi connectivity index (χ2n) is 4.03. The predicted octanol–water partition coefficient (Wildman–Crippen LogP) is 3.84. The van der Waals surface area contributed by atoms with Crippen LogP contribution in [0.5, 0.6) is 0 Å². The van der Waals surface area contributed by atoms with Gasteiger partial charge in [0.25, 0.3) is 5.56 Å². The lowest BCUT2D eigenvalue weighted by atomic mass is 10.1. The number of pyridine rings is 1. The number of rotatable bonds is 3. The van der Waals surface area contributed by atoms with Gasteiger partial charge in [0.05, 0.1) is 11.9 Å². The number of hydrogen-bond donors (Lipinski definition) is 1. The molecule has 116 valence electrons. The van der Waals surface area contributed by atoms with Gasteiger partial charge in [0.2, 0.25) is 0 Å². The molecule has 1 aromatic carbocycles. The molecule has 0 aliphatic carbocycles. The Bertz CT molecular complexity index is 629. The molecule has 2 rings (SSSR count). The number of hydrogen-bond acceptors (Lipinski definition) is 2. The van der Waals surface area contributed by atoms with Gasteiger partial charge in [-0.1, -0.05) is 39.8 Å². The van der Waals surface area contributed by atoms with E-state index in [1.165, 1.54) is 10.6 Å². The van der Waals surface area contributed by atoms with E-state index in [4.69, 9.17) is 5.11 Å².